The van der Waals surface area contributed by atoms with Crippen molar-refractivity contribution in [2.45, 2.75) is 25.3 Å². The maximum absolute atomic E-state index is 12.4. The number of carbonyl (C=O) groups excluding carboxylic acids is 1. The summed E-state index contributed by atoms with van der Waals surface area (Å²) in [5.41, 5.74) is 2.72. The van der Waals surface area contributed by atoms with Crippen LogP contribution in [0.3, 0.4) is 0 Å². The second-order valence-electron chi connectivity index (χ2n) is 5.78. The van der Waals surface area contributed by atoms with Crippen LogP contribution in [0.25, 0.3) is 11.3 Å². The summed E-state index contributed by atoms with van der Waals surface area (Å²) in [6.07, 6.45) is 1.17. The highest BCUT2D eigenvalue weighted by Crippen LogP contribution is 2.26. The van der Waals surface area contributed by atoms with E-state index in [1.807, 2.05) is 19.2 Å². The van der Waals surface area contributed by atoms with E-state index in [0.29, 0.717) is 23.1 Å². The van der Waals surface area contributed by atoms with E-state index in [2.05, 4.69) is 15.4 Å². The Labute approximate surface area is 155 Å². The molecule has 3 aromatic rings. The number of nitrogens with zero attached hydrogens (tertiary/aromatic N) is 3. The lowest BCUT2D eigenvalue weighted by Crippen LogP contribution is -2.17. The molecule has 2 aromatic heterocycles. The van der Waals surface area contributed by atoms with Crippen molar-refractivity contribution in [3.8, 4) is 11.3 Å². The van der Waals surface area contributed by atoms with E-state index >= 15 is 0 Å². The molecule has 9 heteroatoms. The molecule has 0 spiro atoms. The van der Waals surface area contributed by atoms with Gasteiger partial charge in [0.25, 0.3) is 5.91 Å². The number of hydrogen-bond acceptors (Lipinski definition) is 6. The van der Waals surface area contributed by atoms with Crippen LogP contribution >= 0.6 is 11.3 Å². The van der Waals surface area contributed by atoms with Gasteiger partial charge in [-0.2, -0.15) is 5.10 Å². The topological polar surface area (TPSA) is 93.9 Å². The molecule has 0 saturated heterocycles. The van der Waals surface area contributed by atoms with Gasteiger partial charge in [0.2, 0.25) is 0 Å². The molecule has 0 bridgehead atoms. The quantitative estimate of drug-likeness (QED) is 0.723. The molecule has 0 atom stereocenters. The van der Waals surface area contributed by atoms with Gasteiger partial charge in [-0.1, -0.05) is 12.1 Å². The number of anilines is 1. The predicted molar refractivity (Wildman–Crippen MR) is 101 cm³/mol. The zero-order chi connectivity index (χ0) is 18.9. The second-order valence-corrected chi connectivity index (χ2v) is 8.65. The van der Waals surface area contributed by atoms with Crippen LogP contribution in [0.4, 0.5) is 5.13 Å². The van der Waals surface area contributed by atoms with Crippen LogP contribution in [0.15, 0.2) is 40.6 Å². The maximum Gasteiger partial charge on any atom is 0.275 e. The fraction of sp³-hybridized carbons (Fsp3) is 0.235. The highest BCUT2D eigenvalue weighted by Gasteiger charge is 2.15. The van der Waals surface area contributed by atoms with Crippen molar-refractivity contribution in [2.75, 3.05) is 11.6 Å². The fourth-order valence-electron chi connectivity index (χ4n) is 2.47. The number of rotatable bonds is 5. The van der Waals surface area contributed by atoms with E-state index in [0.717, 1.165) is 11.3 Å². The Morgan fingerprint density at radius 1 is 1.27 bits per heavy atom. The first-order valence-electron chi connectivity index (χ1n) is 7.89. The van der Waals surface area contributed by atoms with E-state index in [-0.39, 0.29) is 10.8 Å². The van der Waals surface area contributed by atoms with Crippen LogP contribution in [-0.2, 0) is 16.4 Å². The van der Waals surface area contributed by atoms with Crippen LogP contribution in [0.5, 0.6) is 0 Å². The summed E-state index contributed by atoms with van der Waals surface area (Å²) in [6.45, 7) is 4.36. The van der Waals surface area contributed by atoms with Crippen LogP contribution in [0.2, 0.25) is 0 Å². The Morgan fingerprint density at radius 2 is 1.96 bits per heavy atom. The van der Waals surface area contributed by atoms with Gasteiger partial charge in [-0.25, -0.2) is 13.4 Å². The maximum atomic E-state index is 12.4. The first-order chi connectivity index (χ1) is 12.3. The molecule has 26 heavy (non-hydrogen) atoms. The lowest BCUT2D eigenvalue weighted by atomic mass is 10.2. The van der Waals surface area contributed by atoms with Crippen LogP contribution < -0.4 is 5.32 Å². The number of carbonyl (C=O) groups is 1. The summed E-state index contributed by atoms with van der Waals surface area (Å²) in [4.78, 5) is 17.1. The fourth-order valence-corrected chi connectivity index (χ4v) is 3.81. The van der Waals surface area contributed by atoms with Gasteiger partial charge < -0.3 is 0 Å². The van der Waals surface area contributed by atoms with Crippen LogP contribution in [0, 0.1) is 6.92 Å². The van der Waals surface area contributed by atoms with Crippen molar-refractivity contribution in [2.24, 2.45) is 0 Å². The minimum Gasteiger partial charge on any atom is -0.296 e. The number of hydrogen-bond donors (Lipinski definition) is 1. The Hall–Kier alpha value is -2.52. The number of aromatic nitrogens is 3. The smallest absolute Gasteiger partial charge is 0.275 e. The van der Waals surface area contributed by atoms with Crippen LogP contribution in [0.1, 0.15) is 23.1 Å². The number of aryl methyl sites for hydroxylation is 2. The van der Waals surface area contributed by atoms with Crippen molar-refractivity contribution in [1.29, 1.82) is 0 Å². The summed E-state index contributed by atoms with van der Waals surface area (Å²) in [5, 5.41) is 9.33. The zero-order valence-electron chi connectivity index (χ0n) is 14.6. The average Bonchev–Trinajstić information content (AvgIpc) is 3.20. The van der Waals surface area contributed by atoms with E-state index in [1.165, 1.54) is 17.6 Å². The molecule has 1 amide bonds. The molecule has 0 radical (unpaired) electrons. The molecular weight excluding hydrogens is 372 g/mol. The highest BCUT2D eigenvalue weighted by atomic mass is 32.2. The van der Waals surface area contributed by atoms with E-state index < -0.39 is 9.84 Å². The molecule has 0 unspecified atom stereocenters. The Bertz CT molecular complexity index is 1050. The van der Waals surface area contributed by atoms with Crippen molar-refractivity contribution in [1.82, 2.24) is 14.8 Å². The summed E-state index contributed by atoms with van der Waals surface area (Å²) >= 11 is 1.31. The second kappa shape index (κ2) is 7.00. The van der Waals surface area contributed by atoms with Gasteiger partial charge in [-0.15, -0.1) is 11.3 Å². The van der Waals surface area contributed by atoms with Gasteiger partial charge in [0.05, 0.1) is 16.3 Å². The Kier molecular flexibility index (Phi) is 4.92. The lowest BCUT2D eigenvalue weighted by Gasteiger charge is -2.04. The summed E-state index contributed by atoms with van der Waals surface area (Å²) < 4.78 is 24.7. The molecule has 0 aliphatic heterocycles. The Balaban J connectivity index is 1.78. The van der Waals surface area contributed by atoms with E-state index in [4.69, 9.17) is 0 Å². The monoisotopic (exact) mass is 390 g/mol. The van der Waals surface area contributed by atoms with Gasteiger partial charge in [0, 0.05) is 23.7 Å². The van der Waals surface area contributed by atoms with E-state index in [1.54, 1.807) is 35.0 Å². The third-order valence-corrected chi connectivity index (χ3v) is 5.62. The number of nitrogens with one attached hydrogen (secondary N) is 1. The standard InChI is InChI=1S/C17H18N4O3S2/c1-4-21-15(9-11(2)20-21)16(22)19-17-18-14(10-25-17)12-5-7-13(8-6-12)26(3,23)24/h5-10H,4H2,1-3H3,(H,18,19,22). The SMILES string of the molecule is CCn1nc(C)cc1C(=O)Nc1nc(-c2ccc(S(C)(=O)=O)cc2)cs1. The van der Waals surface area contributed by atoms with Gasteiger partial charge in [0.1, 0.15) is 5.69 Å². The zero-order valence-corrected chi connectivity index (χ0v) is 16.2. The molecule has 1 N–H and O–H groups in total. The lowest BCUT2D eigenvalue weighted by molar-refractivity contribution is 0.101. The normalized spacial score (nSPS) is 11.5. The molecule has 7 nitrogen and oxygen atoms in total. The molecule has 136 valence electrons. The number of amides is 1. The average molecular weight is 390 g/mol. The summed E-state index contributed by atoms with van der Waals surface area (Å²) in [5.74, 6) is -0.263. The molecule has 0 fully saturated rings. The number of sulfone groups is 1. The summed E-state index contributed by atoms with van der Waals surface area (Å²) in [7, 11) is -3.23. The first-order valence-corrected chi connectivity index (χ1v) is 10.7. The Morgan fingerprint density at radius 3 is 2.58 bits per heavy atom. The minimum atomic E-state index is -3.23. The van der Waals surface area contributed by atoms with Crippen LogP contribution in [-0.4, -0.2) is 35.3 Å². The molecule has 2 heterocycles. The number of thiazole rings is 1. The van der Waals surface area contributed by atoms with Gasteiger partial charge >= 0.3 is 0 Å². The van der Waals surface area contributed by atoms with Gasteiger partial charge in [0.15, 0.2) is 15.0 Å². The minimum absolute atomic E-state index is 0.258. The van der Waals surface area contributed by atoms with Crippen molar-refractivity contribution in [3.05, 3.63) is 47.1 Å². The summed E-state index contributed by atoms with van der Waals surface area (Å²) in [6, 6.07) is 8.23. The van der Waals surface area contributed by atoms with Crippen molar-refractivity contribution >= 4 is 32.2 Å². The highest BCUT2D eigenvalue weighted by molar-refractivity contribution is 7.90. The molecule has 0 aliphatic rings. The van der Waals surface area contributed by atoms with Crippen molar-refractivity contribution in [3.63, 3.8) is 0 Å². The predicted octanol–water partition coefficient (Wildman–Crippen LogP) is 2.99. The van der Waals surface area contributed by atoms with Gasteiger partial charge in [-0.3, -0.25) is 14.8 Å². The molecule has 0 saturated carbocycles. The van der Waals surface area contributed by atoms with Gasteiger partial charge in [-0.05, 0) is 32.0 Å². The third-order valence-electron chi connectivity index (χ3n) is 3.74. The molecule has 1 aromatic carbocycles. The van der Waals surface area contributed by atoms with E-state index in [9.17, 15) is 13.2 Å². The molecular formula is C17H18N4O3S2. The molecule has 0 aliphatic carbocycles. The largest absolute Gasteiger partial charge is 0.296 e. The first kappa shape index (κ1) is 18.3. The molecule has 3 rings (SSSR count). The number of benzene rings is 1. The third kappa shape index (κ3) is 3.83. The van der Waals surface area contributed by atoms with Crippen molar-refractivity contribution < 1.29 is 13.2 Å².